The lowest BCUT2D eigenvalue weighted by Gasteiger charge is -2.03. The topological polar surface area (TPSA) is 38.0 Å². The Bertz CT molecular complexity index is 406. The third kappa shape index (κ3) is 3.12. The molecule has 3 heteroatoms. The number of aromatic hydroxyl groups is 1. The number of phenols is 1. The molecule has 1 heterocycles. The molecule has 84 valence electrons. The van der Waals surface area contributed by atoms with Crippen LogP contribution in [0.25, 0.3) is 0 Å². The van der Waals surface area contributed by atoms with Crippen molar-refractivity contribution in [2.45, 2.75) is 25.8 Å². The number of hydrogen-bond acceptors (Lipinski definition) is 2. The Kier molecular flexibility index (Phi) is 3.59. The molecule has 1 aromatic carbocycles. The van der Waals surface area contributed by atoms with Crippen LogP contribution in [0.2, 0.25) is 0 Å². The normalized spacial score (nSPS) is 10.5. The second kappa shape index (κ2) is 5.35. The van der Waals surface area contributed by atoms with Crippen molar-refractivity contribution < 1.29 is 5.11 Å². The number of phenolic OH excluding ortho intramolecular Hbond substituents is 1. The van der Waals surface area contributed by atoms with Crippen molar-refractivity contribution in [3.63, 3.8) is 0 Å². The van der Waals surface area contributed by atoms with Crippen molar-refractivity contribution in [1.29, 1.82) is 0 Å². The molecule has 0 spiro atoms. The Morgan fingerprint density at radius 1 is 1.12 bits per heavy atom. The van der Waals surface area contributed by atoms with Gasteiger partial charge in [0.05, 0.1) is 6.33 Å². The number of aromatic nitrogens is 2. The SMILES string of the molecule is Oc1ccc(CCCCn2ccnc2)cc1. The minimum Gasteiger partial charge on any atom is -0.508 e. The highest BCUT2D eigenvalue weighted by atomic mass is 16.3. The van der Waals surface area contributed by atoms with E-state index < -0.39 is 0 Å². The summed E-state index contributed by atoms with van der Waals surface area (Å²) in [5.41, 5.74) is 1.28. The molecule has 0 aliphatic rings. The zero-order chi connectivity index (χ0) is 11.2. The number of imidazole rings is 1. The van der Waals surface area contributed by atoms with Crippen LogP contribution in [0.4, 0.5) is 0 Å². The fourth-order valence-electron chi connectivity index (χ4n) is 1.71. The maximum Gasteiger partial charge on any atom is 0.115 e. The fraction of sp³-hybridized carbons (Fsp3) is 0.308. The van der Waals surface area contributed by atoms with Crippen LogP contribution in [-0.4, -0.2) is 14.7 Å². The third-order valence-electron chi connectivity index (χ3n) is 2.63. The van der Waals surface area contributed by atoms with Gasteiger partial charge in [-0.3, -0.25) is 0 Å². The molecule has 0 saturated heterocycles. The Morgan fingerprint density at radius 3 is 2.62 bits per heavy atom. The molecule has 0 radical (unpaired) electrons. The minimum atomic E-state index is 0.335. The molecule has 0 bridgehead atoms. The van der Waals surface area contributed by atoms with Crippen LogP contribution in [0, 0.1) is 0 Å². The minimum absolute atomic E-state index is 0.335. The third-order valence-corrected chi connectivity index (χ3v) is 2.63. The van der Waals surface area contributed by atoms with Gasteiger partial charge in [0.2, 0.25) is 0 Å². The molecule has 2 aromatic rings. The first-order valence-corrected chi connectivity index (χ1v) is 5.58. The van der Waals surface area contributed by atoms with Crippen LogP contribution in [0.1, 0.15) is 18.4 Å². The van der Waals surface area contributed by atoms with Crippen molar-refractivity contribution in [2.75, 3.05) is 0 Å². The molecule has 0 amide bonds. The smallest absolute Gasteiger partial charge is 0.115 e. The Balaban J connectivity index is 1.70. The van der Waals surface area contributed by atoms with Gasteiger partial charge in [-0.25, -0.2) is 4.98 Å². The van der Waals surface area contributed by atoms with Crippen LogP contribution in [0.15, 0.2) is 43.0 Å². The monoisotopic (exact) mass is 216 g/mol. The lowest BCUT2D eigenvalue weighted by Crippen LogP contribution is -1.95. The molecule has 0 aliphatic heterocycles. The first kappa shape index (κ1) is 10.7. The summed E-state index contributed by atoms with van der Waals surface area (Å²) < 4.78 is 2.09. The molecule has 0 atom stereocenters. The fourth-order valence-corrected chi connectivity index (χ4v) is 1.71. The molecule has 0 aliphatic carbocycles. The van der Waals surface area contributed by atoms with E-state index in [2.05, 4.69) is 9.55 Å². The second-order valence-corrected chi connectivity index (χ2v) is 3.92. The van der Waals surface area contributed by atoms with Crippen molar-refractivity contribution in [3.05, 3.63) is 48.5 Å². The lowest BCUT2D eigenvalue weighted by molar-refractivity contribution is 0.475. The number of nitrogens with zero attached hydrogens (tertiary/aromatic N) is 2. The molecule has 0 unspecified atom stereocenters. The van der Waals surface area contributed by atoms with Crippen molar-refractivity contribution in [3.8, 4) is 5.75 Å². The van der Waals surface area contributed by atoms with Gasteiger partial charge < -0.3 is 9.67 Å². The van der Waals surface area contributed by atoms with E-state index in [4.69, 9.17) is 5.11 Å². The summed E-state index contributed by atoms with van der Waals surface area (Å²) in [4.78, 5) is 4.00. The highest BCUT2D eigenvalue weighted by Crippen LogP contribution is 2.12. The Labute approximate surface area is 95.4 Å². The van der Waals surface area contributed by atoms with Gasteiger partial charge in [-0.05, 0) is 37.0 Å². The van der Waals surface area contributed by atoms with Crippen LogP contribution >= 0.6 is 0 Å². The van der Waals surface area contributed by atoms with Gasteiger partial charge in [0, 0.05) is 18.9 Å². The summed E-state index contributed by atoms with van der Waals surface area (Å²) in [7, 11) is 0. The van der Waals surface area contributed by atoms with Gasteiger partial charge >= 0.3 is 0 Å². The molecule has 0 saturated carbocycles. The highest BCUT2D eigenvalue weighted by molar-refractivity contribution is 5.25. The predicted octanol–water partition coefficient (Wildman–Crippen LogP) is 2.61. The molecule has 1 N–H and O–H groups in total. The summed E-state index contributed by atoms with van der Waals surface area (Å²) in [5.74, 6) is 0.335. The summed E-state index contributed by atoms with van der Waals surface area (Å²) in [5, 5.41) is 9.14. The average Bonchev–Trinajstić information content (AvgIpc) is 2.80. The Morgan fingerprint density at radius 2 is 1.94 bits per heavy atom. The van der Waals surface area contributed by atoms with E-state index in [0.717, 1.165) is 25.8 Å². The van der Waals surface area contributed by atoms with E-state index in [9.17, 15) is 0 Å². The molecular formula is C13H16N2O. The first-order valence-electron chi connectivity index (χ1n) is 5.58. The zero-order valence-corrected chi connectivity index (χ0v) is 9.21. The highest BCUT2D eigenvalue weighted by Gasteiger charge is 1.95. The van der Waals surface area contributed by atoms with Crippen LogP contribution < -0.4 is 0 Å². The van der Waals surface area contributed by atoms with E-state index in [-0.39, 0.29) is 0 Å². The van der Waals surface area contributed by atoms with E-state index in [1.54, 1.807) is 18.3 Å². The van der Waals surface area contributed by atoms with Gasteiger partial charge in [0.15, 0.2) is 0 Å². The van der Waals surface area contributed by atoms with Crippen LogP contribution in [0.5, 0.6) is 5.75 Å². The maximum atomic E-state index is 9.14. The van der Waals surface area contributed by atoms with E-state index in [0.29, 0.717) is 5.75 Å². The van der Waals surface area contributed by atoms with E-state index in [1.165, 1.54) is 5.56 Å². The number of rotatable bonds is 5. The van der Waals surface area contributed by atoms with Crippen molar-refractivity contribution in [1.82, 2.24) is 9.55 Å². The molecular weight excluding hydrogens is 200 g/mol. The summed E-state index contributed by atoms with van der Waals surface area (Å²) in [6.07, 6.45) is 9.01. The molecule has 1 aromatic heterocycles. The Hall–Kier alpha value is -1.77. The lowest BCUT2D eigenvalue weighted by atomic mass is 10.1. The van der Waals surface area contributed by atoms with E-state index >= 15 is 0 Å². The van der Waals surface area contributed by atoms with Gasteiger partial charge in [-0.2, -0.15) is 0 Å². The molecule has 0 fully saturated rings. The standard InChI is InChI=1S/C13H16N2O/c16-13-6-4-12(5-7-13)3-1-2-9-15-10-8-14-11-15/h4-8,10-11,16H,1-3,9H2. The largest absolute Gasteiger partial charge is 0.508 e. The van der Waals surface area contributed by atoms with Gasteiger partial charge in [-0.15, -0.1) is 0 Å². The number of benzene rings is 1. The average molecular weight is 216 g/mol. The zero-order valence-electron chi connectivity index (χ0n) is 9.21. The summed E-state index contributed by atoms with van der Waals surface area (Å²) >= 11 is 0. The summed E-state index contributed by atoms with van der Waals surface area (Å²) in [6, 6.07) is 7.44. The number of unbranched alkanes of at least 4 members (excludes halogenated alkanes) is 1. The molecule has 2 rings (SSSR count). The quantitative estimate of drug-likeness (QED) is 0.780. The van der Waals surface area contributed by atoms with Gasteiger partial charge in [0.1, 0.15) is 5.75 Å². The van der Waals surface area contributed by atoms with E-state index in [1.807, 2.05) is 24.7 Å². The number of hydrogen-bond donors (Lipinski definition) is 1. The second-order valence-electron chi connectivity index (χ2n) is 3.92. The molecule has 3 nitrogen and oxygen atoms in total. The maximum absolute atomic E-state index is 9.14. The van der Waals surface area contributed by atoms with Crippen molar-refractivity contribution in [2.24, 2.45) is 0 Å². The van der Waals surface area contributed by atoms with Crippen LogP contribution in [-0.2, 0) is 13.0 Å². The molecule has 16 heavy (non-hydrogen) atoms. The first-order chi connectivity index (χ1) is 7.84. The van der Waals surface area contributed by atoms with Crippen LogP contribution in [0.3, 0.4) is 0 Å². The van der Waals surface area contributed by atoms with Gasteiger partial charge in [-0.1, -0.05) is 12.1 Å². The van der Waals surface area contributed by atoms with Gasteiger partial charge in [0.25, 0.3) is 0 Å². The van der Waals surface area contributed by atoms with Crippen molar-refractivity contribution >= 4 is 0 Å². The predicted molar refractivity (Wildman–Crippen MR) is 63.3 cm³/mol. The summed E-state index contributed by atoms with van der Waals surface area (Å²) in [6.45, 7) is 1.03. The number of aryl methyl sites for hydroxylation is 2.